The van der Waals surface area contributed by atoms with Crippen molar-refractivity contribution in [2.45, 2.75) is 32.1 Å². The number of aliphatic imine (C=N–C) groups is 1. The van der Waals surface area contributed by atoms with Crippen molar-refractivity contribution in [2.24, 2.45) is 4.99 Å². The fraction of sp³-hybridized carbons (Fsp3) is 0.320. The number of aromatic nitrogens is 2. The SMILES string of the molecule is CC[C@H]1CN(C2=NC(=O)/C(=C/c3ccc4c(cnn4Cc4ccc(Cl)cc4C(F)(F)F)c3)S2)CCN1. The van der Waals surface area contributed by atoms with Gasteiger partial charge in [-0.25, -0.2) is 0 Å². The number of hydrogen-bond donors (Lipinski definition) is 1. The van der Waals surface area contributed by atoms with E-state index in [2.05, 4.69) is 27.2 Å². The lowest BCUT2D eigenvalue weighted by molar-refractivity contribution is -0.138. The van der Waals surface area contributed by atoms with Gasteiger partial charge in [0.2, 0.25) is 0 Å². The molecule has 0 unspecified atom stereocenters. The van der Waals surface area contributed by atoms with Crippen molar-refractivity contribution in [1.82, 2.24) is 20.0 Å². The highest BCUT2D eigenvalue weighted by molar-refractivity contribution is 8.18. The summed E-state index contributed by atoms with van der Waals surface area (Å²) < 4.78 is 42.0. The molecule has 1 amide bonds. The minimum atomic E-state index is -4.52. The number of amidine groups is 1. The van der Waals surface area contributed by atoms with Crippen LogP contribution in [0.4, 0.5) is 13.2 Å². The zero-order valence-corrected chi connectivity index (χ0v) is 20.9. The normalized spacial score (nSPS) is 20.0. The number of halogens is 4. The second-order valence-corrected chi connectivity index (χ2v) is 10.2. The van der Waals surface area contributed by atoms with Crippen LogP contribution in [0.25, 0.3) is 17.0 Å². The first-order chi connectivity index (χ1) is 17.2. The van der Waals surface area contributed by atoms with Gasteiger partial charge in [0.25, 0.3) is 5.91 Å². The monoisotopic (exact) mass is 533 g/mol. The van der Waals surface area contributed by atoms with Crippen molar-refractivity contribution < 1.29 is 18.0 Å². The summed E-state index contributed by atoms with van der Waals surface area (Å²) in [5.41, 5.74) is 0.791. The summed E-state index contributed by atoms with van der Waals surface area (Å²) in [6, 6.07) is 9.61. The van der Waals surface area contributed by atoms with Gasteiger partial charge in [-0.1, -0.05) is 30.7 Å². The molecular weight excluding hydrogens is 511 g/mol. The number of nitrogens with zero attached hydrogens (tertiary/aromatic N) is 4. The fourth-order valence-corrected chi connectivity index (χ4v) is 5.51. The van der Waals surface area contributed by atoms with Crippen LogP contribution < -0.4 is 5.32 Å². The maximum atomic E-state index is 13.5. The van der Waals surface area contributed by atoms with Gasteiger partial charge in [-0.15, -0.1) is 0 Å². The third kappa shape index (κ3) is 5.16. The topological polar surface area (TPSA) is 62.5 Å². The van der Waals surface area contributed by atoms with E-state index in [1.54, 1.807) is 18.3 Å². The molecule has 188 valence electrons. The average molecular weight is 534 g/mol. The summed E-state index contributed by atoms with van der Waals surface area (Å²) in [7, 11) is 0. The lowest BCUT2D eigenvalue weighted by Crippen LogP contribution is -2.51. The number of carbonyl (C=O) groups excluding carboxylic acids is 1. The van der Waals surface area contributed by atoms with Gasteiger partial charge in [0, 0.05) is 36.1 Å². The quantitative estimate of drug-likeness (QED) is 0.454. The summed E-state index contributed by atoms with van der Waals surface area (Å²) in [6.07, 6.45) is -0.107. The van der Waals surface area contributed by atoms with E-state index in [1.807, 2.05) is 12.1 Å². The standard InChI is InChI=1S/C25H23ClF3N5OS/c1-2-19-14-33(8-7-30-19)24-32-23(35)22(36-24)10-15-3-6-21-17(9-15)12-31-34(21)13-16-4-5-18(26)11-20(16)25(27,28)29/h3-6,9-12,19,30H,2,7-8,13-14H2,1H3/b22-10-/t19-/m0/s1. The largest absolute Gasteiger partial charge is 0.416 e. The Bertz CT molecular complexity index is 1380. The van der Waals surface area contributed by atoms with Crippen LogP contribution in [0.15, 0.2) is 52.5 Å². The minimum Gasteiger partial charge on any atom is -0.348 e. The van der Waals surface area contributed by atoms with E-state index in [1.165, 1.54) is 28.6 Å². The predicted octanol–water partition coefficient (Wildman–Crippen LogP) is 5.41. The highest BCUT2D eigenvalue weighted by Crippen LogP contribution is 2.35. The molecule has 11 heteroatoms. The van der Waals surface area contributed by atoms with Crippen LogP contribution in [0, 0.1) is 0 Å². The molecule has 1 fully saturated rings. The smallest absolute Gasteiger partial charge is 0.348 e. The average Bonchev–Trinajstić information content (AvgIpc) is 3.42. The molecule has 2 aliphatic heterocycles. The Morgan fingerprint density at radius 3 is 2.86 bits per heavy atom. The number of alkyl halides is 3. The number of fused-ring (bicyclic) bond motifs is 1. The Morgan fingerprint density at radius 1 is 1.25 bits per heavy atom. The summed E-state index contributed by atoms with van der Waals surface area (Å²) >= 11 is 7.17. The Morgan fingerprint density at radius 2 is 2.08 bits per heavy atom. The lowest BCUT2D eigenvalue weighted by atomic mass is 10.1. The first-order valence-corrected chi connectivity index (χ1v) is 12.7. The number of benzene rings is 2. The molecule has 1 N–H and O–H groups in total. The number of rotatable bonds is 4. The second kappa shape index (κ2) is 9.91. The van der Waals surface area contributed by atoms with Crippen LogP contribution in [0.5, 0.6) is 0 Å². The third-order valence-electron chi connectivity index (χ3n) is 6.29. The maximum Gasteiger partial charge on any atom is 0.416 e. The van der Waals surface area contributed by atoms with Crippen molar-refractivity contribution >= 4 is 51.4 Å². The molecule has 6 nitrogen and oxygen atoms in total. The number of nitrogens with one attached hydrogen (secondary N) is 1. The second-order valence-electron chi connectivity index (χ2n) is 8.74. The molecular formula is C25H23ClF3N5OS. The van der Waals surface area contributed by atoms with E-state index in [0.717, 1.165) is 48.2 Å². The van der Waals surface area contributed by atoms with Gasteiger partial charge in [0.15, 0.2) is 5.17 Å². The molecule has 0 aliphatic carbocycles. The maximum absolute atomic E-state index is 13.5. The molecule has 1 saturated heterocycles. The van der Waals surface area contributed by atoms with Crippen molar-refractivity contribution in [2.75, 3.05) is 19.6 Å². The molecule has 1 aromatic heterocycles. The third-order valence-corrected chi connectivity index (χ3v) is 7.57. The molecule has 2 aromatic carbocycles. The molecule has 0 saturated carbocycles. The van der Waals surface area contributed by atoms with Crippen LogP contribution in [0.2, 0.25) is 5.02 Å². The van der Waals surface area contributed by atoms with Crippen molar-refractivity contribution in [1.29, 1.82) is 0 Å². The van der Waals surface area contributed by atoms with E-state index >= 15 is 0 Å². The Hall–Kier alpha value is -2.82. The van der Waals surface area contributed by atoms with Crippen molar-refractivity contribution in [3.63, 3.8) is 0 Å². The summed E-state index contributed by atoms with van der Waals surface area (Å²) in [6.45, 7) is 4.55. The van der Waals surface area contributed by atoms with Crippen LogP contribution in [-0.2, 0) is 17.5 Å². The summed E-state index contributed by atoms with van der Waals surface area (Å²) in [4.78, 5) is 19.5. The zero-order valence-electron chi connectivity index (χ0n) is 19.3. The summed E-state index contributed by atoms with van der Waals surface area (Å²) in [5.74, 6) is -0.264. The highest BCUT2D eigenvalue weighted by Gasteiger charge is 2.34. The first-order valence-electron chi connectivity index (χ1n) is 11.5. The molecule has 0 radical (unpaired) electrons. The summed E-state index contributed by atoms with van der Waals surface area (Å²) in [5, 5.41) is 9.27. The Balaban J connectivity index is 1.35. The molecule has 5 rings (SSSR count). The molecule has 3 heterocycles. The van der Waals surface area contributed by atoms with Gasteiger partial charge >= 0.3 is 6.18 Å². The van der Waals surface area contributed by atoms with Gasteiger partial charge in [-0.2, -0.15) is 23.3 Å². The molecule has 3 aromatic rings. The molecule has 2 aliphatic rings. The Labute approximate surface area is 215 Å². The van der Waals surface area contributed by atoms with Gasteiger partial charge in [-0.3, -0.25) is 9.48 Å². The van der Waals surface area contributed by atoms with Crippen LogP contribution in [0.1, 0.15) is 30.0 Å². The zero-order chi connectivity index (χ0) is 25.4. The fourth-order valence-electron chi connectivity index (χ4n) is 4.39. The number of hydrogen-bond acceptors (Lipinski definition) is 5. The number of amides is 1. The van der Waals surface area contributed by atoms with E-state index in [0.29, 0.717) is 16.5 Å². The van der Waals surface area contributed by atoms with Gasteiger partial charge < -0.3 is 10.2 Å². The number of carbonyl (C=O) groups is 1. The number of thioether (sulfide) groups is 1. The van der Waals surface area contributed by atoms with Crippen LogP contribution in [-0.4, -0.2) is 51.4 Å². The van der Waals surface area contributed by atoms with Crippen LogP contribution in [0.3, 0.4) is 0 Å². The van der Waals surface area contributed by atoms with Gasteiger partial charge in [0.1, 0.15) is 0 Å². The van der Waals surface area contributed by atoms with Crippen LogP contribution >= 0.6 is 23.4 Å². The lowest BCUT2D eigenvalue weighted by Gasteiger charge is -2.33. The molecule has 1 atom stereocenters. The molecule has 0 bridgehead atoms. The molecule has 0 spiro atoms. The van der Waals surface area contributed by atoms with E-state index in [9.17, 15) is 18.0 Å². The van der Waals surface area contributed by atoms with Gasteiger partial charge in [0.05, 0.1) is 28.7 Å². The van der Waals surface area contributed by atoms with E-state index in [4.69, 9.17) is 11.6 Å². The van der Waals surface area contributed by atoms with Crippen molar-refractivity contribution in [3.05, 3.63) is 69.2 Å². The van der Waals surface area contributed by atoms with E-state index in [-0.39, 0.29) is 23.0 Å². The molecule has 36 heavy (non-hydrogen) atoms. The first kappa shape index (κ1) is 24.9. The number of piperazine rings is 1. The van der Waals surface area contributed by atoms with E-state index < -0.39 is 11.7 Å². The minimum absolute atomic E-state index is 0.0303. The highest BCUT2D eigenvalue weighted by atomic mass is 35.5. The van der Waals surface area contributed by atoms with Gasteiger partial charge in [-0.05, 0) is 59.7 Å². The Kier molecular flexibility index (Phi) is 6.84. The van der Waals surface area contributed by atoms with Crippen molar-refractivity contribution in [3.8, 4) is 0 Å². The predicted molar refractivity (Wildman–Crippen MR) is 137 cm³/mol.